The van der Waals surface area contributed by atoms with E-state index in [9.17, 15) is 24.3 Å². The SMILES string of the molecule is CC(C)(C)OC(=O)C(O/N=C(/C(=O)NC1C(=O)N2C(C(=O)O)=C(CSc3nncs3)CSC12)c1nsc(N)n1)c1ccccc1. The highest BCUT2D eigenvalue weighted by Gasteiger charge is 2.54. The smallest absolute Gasteiger partial charge is 0.355 e. The van der Waals surface area contributed by atoms with E-state index in [0.717, 1.165) is 16.4 Å². The van der Waals surface area contributed by atoms with Gasteiger partial charge < -0.3 is 25.7 Å². The van der Waals surface area contributed by atoms with Gasteiger partial charge in [-0.3, -0.25) is 14.5 Å². The maximum atomic E-state index is 13.6. The summed E-state index contributed by atoms with van der Waals surface area (Å²) in [4.78, 5) is 62.9. The van der Waals surface area contributed by atoms with Crippen molar-refractivity contribution in [1.82, 2.24) is 29.8 Å². The number of rotatable bonds is 11. The number of anilines is 1. The summed E-state index contributed by atoms with van der Waals surface area (Å²) < 4.78 is 10.2. The number of nitrogens with two attached hydrogens (primary N) is 1. The molecule has 3 atom stereocenters. The number of oxime groups is 1. The van der Waals surface area contributed by atoms with Gasteiger partial charge in [0.2, 0.25) is 17.6 Å². The molecule has 2 aromatic heterocycles. The van der Waals surface area contributed by atoms with Gasteiger partial charge >= 0.3 is 11.9 Å². The number of ether oxygens (including phenoxy) is 1. The molecule has 3 aromatic rings. The van der Waals surface area contributed by atoms with Gasteiger partial charge in [0.15, 0.2) is 9.47 Å². The Morgan fingerprint density at radius 2 is 2.02 bits per heavy atom. The van der Waals surface area contributed by atoms with Crippen LogP contribution in [0.3, 0.4) is 0 Å². The fraction of sp³-hybridized carbons (Fsp3) is 0.346. The summed E-state index contributed by atoms with van der Waals surface area (Å²) in [6, 6.07) is 7.36. The van der Waals surface area contributed by atoms with Crippen LogP contribution in [0.2, 0.25) is 0 Å². The van der Waals surface area contributed by atoms with E-state index in [-0.39, 0.29) is 16.7 Å². The van der Waals surface area contributed by atoms with Crippen LogP contribution < -0.4 is 11.1 Å². The average molecular weight is 691 g/mol. The highest BCUT2D eigenvalue weighted by Crippen LogP contribution is 2.41. The van der Waals surface area contributed by atoms with Crippen molar-refractivity contribution in [1.29, 1.82) is 0 Å². The van der Waals surface area contributed by atoms with Crippen LogP contribution >= 0.6 is 46.4 Å². The zero-order chi connectivity index (χ0) is 32.3. The Morgan fingerprint density at radius 1 is 1.27 bits per heavy atom. The number of aromatic nitrogens is 4. The van der Waals surface area contributed by atoms with Gasteiger partial charge in [-0.2, -0.15) is 9.36 Å². The number of nitrogens with one attached hydrogen (secondary N) is 1. The number of fused-ring (bicyclic) bond motifs is 1. The highest BCUT2D eigenvalue weighted by molar-refractivity contribution is 8.01. The number of hydrogen-bond acceptors (Lipinski definition) is 16. The lowest BCUT2D eigenvalue weighted by Gasteiger charge is -2.49. The summed E-state index contributed by atoms with van der Waals surface area (Å²) in [6.07, 6.45) is -1.35. The van der Waals surface area contributed by atoms with Crippen molar-refractivity contribution in [2.24, 2.45) is 5.16 Å². The molecule has 0 bridgehead atoms. The Bertz CT molecular complexity index is 1660. The monoisotopic (exact) mass is 690 g/mol. The minimum atomic E-state index is -1.35. The second-order valence-electron chi connectivity index (χ2n) is 10.4. The van der Waals surface area contributed by atoms with Gasteiger partial charge in [-0.1, -0.05) is 58.6 Å². The lowest BCUT2D eigenvalue weighted by molar-refractivity contribution is -0.169. The molecule has 4 N–H and O–H groups in total. The molecule has 0 radical (unpaired) electrons. The predicted molar refractivity (Wildman–Crippen MR) is 167 cm³/mol. The van der Waals surface area contributed by atoms with Crippen LogP contribution in [0.25, 0.3) is 0 Å². The Morgan fingerprint density at radius 3 is 2.64 bits per heavy atom. The third-order valence-electron chi connectivity index (χ3n) is 6.09. The summed E-state index contributed by atoms with van der Waals surface area (Å²) in [7, 11) is 0. The number of amides is 2. The van der Waals surface area contributed by atoms with E-state index in [4.69, 9.17) is 15.3 Å². The quantitative estimate of drug-likeness (QED) is 0.0867. The number of β-lactam (4-membered cyclic amide) rings is 1. The van der Waals surface area contributed by atoms with Gasteiger partial charge in [-0.25, -0.2) is 9.59 Å². The third kappa shape index (κ3) is 7.43. The summed E-state index contributed by atoms with van der Waals surface area (Å²) in [5, 5.41) is 23.6. The zero-order valence-electron chi connectivity index (χ0n) is 23.9. The molecule has 0 saturated carbocycles. The summed E-state index contributed by atoms with van der Waals surface area (Å²) in [5.74, 6) is -3.07. The molecule has 1 saturated heterocycles. The van der Waals surface area contributed by atoms with Gasteiger partial charge in [-0.15, -0.1) is 22.0 Å². The molecular weight excluding hydrogens is 665 g/mol. The number of carbonyl (C=O) groups excluding carboxylic acids is 3. The first-order valence-corrected chi connectivity index (χ1v) is 16.8. The molecule has 15 nitrogen and oxygen atoms in total. The van der Waals surface area contributed by atoms with E-state index in [1.807, 2.05) is 0 Å². The van der Waals surface area contributed by atoms with Gasteiger partial charge in [-0.05, 0) is 26.3 Å². The van der Waals surface area contributed by atoms with Crippen molar-refractivity contribution < 1.29 is 33.9 Å². The number of aliphatic carboxylic acids is 1. The molecule has 2 aliphatic rings. The van der Waals surface area contributed by atoms with Crippen LogP contribution in [0.1, 0.15) is 38.3 Å². The minimum Gasteiger partial charge on any atom is -0.477 e. The lowest BCUT2D eigenvalue weighted by Crippen LogP contribution is -2.71. The van der Waals surface area contributed by atoms with Crippen LogP contribution in [0, 0.1) is 0 Å². The van der Waals surface area contributed by atoms with Crippen LogP contribution in [0.4, 0.5) is 5.13 Å². The Kier molecular flexibility index (Phi) is 9.70. The molecule has 0 spiro atoms. The Hall–Kier alpha value is -4.07. The molecule has 236 valence electrons. The first kappa shape index (κ1) is 32.3. The maximum Gasteiger partial charge on any atom is 0.355 e. The molecule has 2 aliphatic heterocycles. The van der Waals surface area contributed by atoms with Crippen LogP contribution in [0.5, 0.6) is 0 Å². The molecule has 2 amide bonds. The fourth-order valence-corrected chi connectivity index (χ4v) is 7.63. The molecule has 1 aromatic carbocycles. The van der Waals surface area contributed by atoms with Gasteiger partial charge in [0.05, 0.1) is 0 Å². The van der Waals surface area contributed by atoms with Crippen LogP contribution in [-0.2, 0) is 28.8 Å². The van der Waals surface area contributed by atoms with E-state index in [2.05, 4.69) is 30.0 Å². The normalized spacial score (nSPS) is 19.0. The number of benzene rings is 1. The van der Waals surface area contributed by atoms with E-state index in [0.29, 0.717) is 27.0 Å². The largest absolute Gasteiger partial charge is 0.477 e. The number of hydrogen-bond donors (Lipinski definition) is 3. The standard InChI is InChI=1S/C26H26N8O7S4/c1-26(2,3)40-23(39)17(12-7-5-4-6-8-12)41-32-14(18-30-24(27)45-33-18)19(35)29-15-20(36)34-16(22(37)38)13(9-42-21(15)34)10-43-25-31-28-11-44-25/h4-8,11,15,17,21H,9-10H2,1-3H3,(H,29,35)(H,37,38)(H2,27,30,33)/b32-14+. The number of esters is 1. The molecule has 45 heavy (non-hydrogen) atoms. The second kappa shape index (κ2) is 13.5. The van der Waals surface area contributed by atoms with E-state index >= 15 is 0 Å². The molecule has 0 aliphatic carbocycles. The molecular formula is C26H26N8O7S4. The van der Waals surface area contributed by atoms with E-state index in [1.54, 1.807) is 56.6 Å². The number of nitrogen functional groups attached to an aromatic ring is 1. The first-order valence-electron chi connectivity index (χ1n) is 13.1. The Labute approximate surface area is 272 Å². The number of carbonyl (C=O) groups is 4. The van der Waals surface area contributed by atoms with Gasteiger partial charge in [0.25, 0.3) is 11.8 Å². The molecule has 1 fully saturated rings. The van der Waals surface area contributed by atoms with Crippen molar-refractivity contribution in [2.45, 2.75) is 48.2 Å². The average Bonchev–Trinajstić information content (AvgIpc) is 3.67. The fourth-order valence-electron chi connectivity index (χ4n) is 4.22. The van der Waals surface area contributed by atoms with Crippen molar-refractivity contribution in [3.05, 3.63) is 58.5 Å². The van der Waals surface area contributed by atoms with Crippen LogP contribution in [-0.4, -0.2) is 87.5 Å². The maximum absolute atomic E-state index is 13.6. The molecule has 4 heterocycles. The molecule has 3 unspecified atom stereocenters. The van der Waals surface area contributed by atoms with E-state index in [1.165, 1.54) is 34.9 Å². The molecule has 5 rings (SSSR count). The van der Waals surface area contributed by atoms with Gasteiger partial charge in [0.1, 0.15) is 28.2 Å². The number of thioether (sulfide) groups is 2. The topological polar surface area (TPSA) is 212 Å². The highest BCUT2D eigenvalue weighted by atomic mass is 32.2. The van der Waals surface area contributed by atoms with Crippen molar-refractivity contribution >= 4 is 81.0 Å². The number of carboxylic acid groups (broad SMARTS) is 1. The van der Waals surface area contributed by atoms with Crippen molar-refractivity contribution in [3.63, 3.8) is 0 Å². The van der Waals surface area contributed by atoms with Gasteiger partial charge in [0, 0.05) is 28.6 Å². The summed E-state index contributed by atoms with van der Waals surface area (Å²) >= 11 is 4.77. The van der Waals surface area contributed by atoms with E-state index < -0.39 is 52.6 Å². The van der Waals surface area contributed by atoms with Crippen molar-refractivity contribution in [2.75, 3.05) is 17.2 Å². The number of nitrogens with zero attached hydrogens (tertiary/aromatic N) is 6. The minimum absolute atomic E-state index is 0.0427. The predicted octanol–water partition coefficient (Wildman–Crippen LogP) is 2.31. The second-order valence-corrected chi connectivity index (χ2v) is 14.4. The van der Waals surface area contributed by atoms with Crippen molar-refractivity contribution in [3.8, 4) is 0 Å². The first-order chi connectivity index (χ1) is 21.4. The lowest BCUT2D eigenvalue weighted by atomic mass is 10.0. The summed E-state index contributed by atoms with van der Waals surface area (Å²) in [5.41, 5.74) is 6.89. The Balaban J connectivity index is 1.36. The zero-order valence-corrected chi connectivity index (χ0v) is 27.2. The molecule has 19 heteroatoms. The number of carboxylic acids is 1. The van der Waals surface area contributed by atoms with Crippen LogP contribution in [0.15, 0.2) is 56.6 Å². The summed E-state index contributed by atoms with van der Waals surface area (Å²) in [6.45, 7) is 5.10. The third-order valence-corrected chi connectivity index (χ3v) is 9.92.